The summed E-state index contributed by atoms with van der Waals surface area (Å²) in [6.45, 7) is 2.12. The lowest BCUT2D eigenvalue weighted by molar-refractivity contribution is 0.103. The molecule has 0 aromatic heterocycles. The zero-order valence-electron chi connectivity index (χ0n) is 11.3. The molecule has 2 aliphatic carbocycles. The van der Waals surface area contributed by atoms with E-state index >= 15 is 0 Å². The van der Waals surface area contributed by atoms with Crippen LogP contribution in [0.4, 0.5) is 0 Å². The molecule has 0 spiro atoms. The quantitative estimate of drug-likeness (QED) is 0.815. The Bertz CT molecular complexity index is 623. The molecule has 0 bridgehead atoms. The molecule has 0 saturated heterocycles. The summed E-state index contributed by atoms with van der Waals surface area (Å²) in [7, 11) is 3.27. The van der Waals surface area contributed by atoms with E-state index in [1.165, 1.54) is 0 Å². The second kappa shape index (κ2) is 4.26. The second-order valence-electron chi connectivity index (χ2n) is 4.99. The van der Waals surface area contributed by atoms with Crippen LogP contribution in [0.1, 0.15) is 29.3 Å². The first-order chi connectivity index (χ1) is 9.15. The Kier molecular flexibility index (Phi) is 2.70. The summed E-state index contributed by atoms with van der Waals surface area (Å²) < 4.78 is 10.5. The highest BCUT2D eigenvalue weighted by Crippen LogP contribution is 2.43. The first kappa shape index (κ1) is 12.0. The van der Waals surface area contributed by atoms with Crippen molar-refractivity contribution < 1.29 is 14.3 Å². The van der Waals surface area contributed by atoms with Crippen molar-refractivity contribution in [2.75, 3.05) is 14.2 Å². The van der Waals surface area contributed by atoms with Gasteiger partial charge in [-0.25, -0.2) is 0 Å². The molecule has 0 heterocycles. The van der Waals surface area contributed by atoms with Crippen molar-refractivity contribution >= 4 is 11.4 Å². The molecule has 0 N–H and O–H groups in total. The number of Topliss-reactive ketones (excluding diaryl/α,β-unsaturated/α-hetero) is 1. The Morgan fingerprint density at radius 2 is 1.95 bits per heavy atom. The molecule has 3 rings (SSSR count). The Labute approximate surface area is 112 Å². The third-order valence-electron chi connectivity index (χ3n) is 3.88. The minimum atomic E-state index is 0.0744. The average Bonchev–Trinajstić information content (AvgIpc) is 2.70. The SMILES string of the molecule is COC1=CC2=C(CC1C)c1ccc(OC)cc1C2=O. The number of carbonyl (C=O) groups is 1. The zero-order valence-corrected chi connectivity index (χ0v) is 11.3. The van der Waals surface area contributed by atoms with Crippen LogP contribution in [0.25, 0.3) is 5.57 Å². The maximum absolute atomic E-state index is 12.5. The molecule has 0 fully saturated rings. The number of methoxy groups -OCH3 is 2. The van der Waals surface area contributed by atoms with Crippen LogP contribution in [0.3, 0.4) is 0 Å². The monoisotopic (exact) mass is 256 g/mol. The number of carbonyl (C=O) groups excluding carboxylic acids is 1. The molecule has 0 saturated carbocycles. The van der Waals surface area contributed by atoms with Crippen LogP contribution in [-0.4, -0.2) is 20.0 Å². The zero-order chi connectivity index (χ0) is 13.6. The van der Waals surface area contributed by atoms with E-state index in [-0.39, 0.29) is 5.78 Å². The molecule has 1 aromatic rings. The van der Waals surface area contributed by atoms with Gasteiger partial charge >= 0.3 is 0 Å². The molecule has 0 amide bonds. The summed E-state index contributed by atoms with van der Waals surface area (Å²) >= 11 is 0. The fourth-order valence-corrected chi connectivity index (χ4v) is 2.85. The topological polar surface area (TPSA) is 35.5 Å². The molecule has 0 radical (unpaired) electrons. The van der Waals surface area contributed by atoms with E-state index in [1.54, 1.807) is 14.2 Å². The van der Waals surface area contributed by atoms with E-state index in [4.69, 9.17) is 9.47 Å². The van der Waals surface area contributed by atoms with E-state index in [2.05, 4.69) is 6.92 Å². The lowest BCUT2D eigenvalue weighted by Gasteiger charge is -2.21. The van der Waals surface area contributed by atoms with Crippen molar-refractivity contribution in [3.63, 3.8) is 0 Å². The highest BCUT2D eigenvalue weighted by atomic mass is 16.5. The number of allylic oxidation sites excluding steroid dienone is 4. The van der Waals surface area contributed by atoms with Crippen LogP contribution >= 0.6 is 0 Å². The number of hydrogen-bond donors (Lipinski definition) is 0. The van der Waals surface area contributed by atoms with Gasteiger partial charge in [0.2, 0.25) is 0 Å². The summed E-state index contributed by atoms with van der Waals surface area (Å²) in [5, 5.41) is 0. The summed E-state index contributed by atoms with van der Waals surface area (Å²) in [4.78, 5) is 12.5. The average molecular weight is 256 g/mol. The van der Waals surface area contributed by atoms with Gasteiger partial charge in [0.25, 0.3) is 0 Å². The summed E-state index contributed by atoms with van der Waals surface area (Å²) in [5.74, 6) is 1.98. The normalized spacial score (nSPS) is 20.9. The van der Waals surface area contributed by atoms with Crippen molar-refractivity contribution in [3.8, 4) is 5.75 Å². The Balaban J connectivity index is 2.12. The molecule has 19 heavy (non-hydrogen) atoms. The molecule has 3 nitrogen and oxygen atoms in total. The fraction of sp³-hybridized carbons (Fsp3) is 0.312. The van der Waals surface area contributed by atoms with Gasteiger partial charge in [0.1, 0.15) is 5.75 Å². The molecular formula is C16H16O3. The second-order valence-corrected chi connectivity index (χ2v) is 4.99. The summed E-state index contributed by atoms with van der Waals surface area (Å²) in [5.41, 5.74) is 3.69. The van der Waals surface area contributed by atoms with E-state index < -0.39 is 0 Å². The van der Waals surface area contributed by atoms with E-state index in [0.717, 1.165) is 40.2 Å². The molecule has 98 valence electrons. The van der Waals surface area contributed by atoms with Crippen LogP contribution in [-0.2, 0) is 4.74 Å². The van der Waals surface area contributed by atoms with Gasteiger partial charge in [0.15, 0.2) is 5.78 Å². The summed E-state index contributed by atoms with van der Waals surface area (Å²) in [6.07, 6.45) is 2.73. The van der Waals surface area contributed by atoms with Crippen LogP contribution in [0.15, 0.2) is 35.6 Å². The van der Waals surface area contributed by atoms with E-state index in [1.807, 2.05) is 24.3 Å². The molecular weight excluding hydrogens is 240 g/mol. The lowest BCUT2D eigenvalue weighted by Crippen LogP contribution is -2.09. The minimum Gasteiger partial charge on any atom is -0.501 e. The van der Waals surface area contributed by atoms with Crippen molar-refractivity contribution in [3.05, 3.63) is 46.7 Å². The van der Waals surface area contributed by atoms with E-state index in [0.29, 0.717) is 5.92 Å². The molecule has 1 atom stereocenters. The predicted octanol–water partition coefficient (Wildman–Crippen LogP) is 3.22. The van der Waals surface area contributed by atoms with Gasteiger partial charge in [-0.1, -0.05) is 13.0 Å². The molecule has 1 aromatic carbocycles. The van der Waals surface area contributed by atoms with Crippen LogP contribution in [0.2, 0.25) is 0 Å². The number of rotatable bonds is 2. The van der Waals surface area contributed by atoms with E-state index in [9.17, 15) is 4.79 Å². The molecule has 0 aliphatic heterocycles. The molecule has 3 heteroatoms. The Morgan fingerprint density at radius 3 is 2.63 bits per heavy atom. The minimum absolute atomic E-state index is 0.0744. The maximum Gasteiger partial charge on any atom is 0.194 e. The summed E-state index contributed by atoms with van der Waals surface area (Å²) in [6, 6.07) is 5.70. The van der Waals surface area contributed by atoms with Crippen molar-refractivity contribution in [1.29, 1.82) is 0 Å². The van der Waals surface area contributed by atoms with Crippen molar-refractivity contribution in [2.45, 2.75) is 13.3 Å². The van der Waals surface area contributed by atoms with Gasteiger partial charge < -0.3 is 9.47 Å². The number of ketones is 1. The third kappa shape index (κ3) is 1.69. The fourth-order valence-electron chi connectivity index (χ4n) is 2.85. The van der Waals surface area contributed by atoms with Gasteiger partial charge in [0, 0.05) is 17.1 Å². The van der Waals surface area contributed by atoms with Crippen LogP contribution in [0, 0.1) is 5.92 Å². The van der Waals surface area contributed by atoms with Gasteiger partial charge in [-0.05, 0) is 35.8 Å². The third-order valence-corrected chi connectivity index (χ3v) is 3.88. The first-order valence-electron chi connectivity index (χ1n) is 6.37. The first-order valence-corrected chi connectivity index (χ1v) is 6.37. The standard InChI is InChI=1S/C16H16O3/c1-9-6-12-11-5-4-10(18-2)7-13(11)16(17)14(12)8-15(9)19-3/h4-5,7-9H,6H2,1-3H3. The number of hydrogen-bond acceptors (Lipinski definition) is 3. The number of fused-ring (bicyclic) bond motifs is 2. The van der Waals surface area contributed by atoms with Gasteiger partial charge in [-0.15, -0.1) is 0 Å². The molecule has 2 aliphatic rings. The van der Waals surface area contributed by atoms with Gasteiger partial charge in [-0.3, -0.25) is 4.79 Å². The van der Waals surface area contributed by atoms with Gasteiger partial charge in [-0.2, -0.15) is 0 Å². The molecule has 1 unspecified atom stereocenters. The predicted molar refractivity (Wildman–Crippen MR) is 73.1 cm³/mol. The number of benzene rings is 1. The van der Waals surface area contributed by atoms with Crippen LogP contribution < -0.4 is 4.74 Å². The van der Waals surface area contributed by atoms with Crippen molar-refractivity contribution in [1.82, 2.24) is 0 Å². The largest absolute Gasteiger partial charge is 0.501 e. The highest BCUT2D eigenvalue weighted by molar-refractivity contribution is 6.22. The van der Waals surface area contributed by atoms with Crippen molar-refractivity contribution in [2.24, 2.45) is 5.92 Å². The maximum atomic E-state index is 12.5. The highest BCUT2D eigenvalue weighted by Gasteiger charge is 2.33. The number of ether oxygens (including phenoxy) is 2. The Hall–Kier alpha value is -2.03. The van der Waals surface area contributed by atoms with Gasteiger partial charge in [0.05, 0.1) is 20.0 Å². The Morgan fingerprint density at radius 1 is 1.16 bits per heavy atom. The smallest absolute Gasteiger partial charge is 0.194 e. The lowest BCUT2D eigenvalue weighted by atomic mass is 9.88. The van der Waals surface area contributed by atoms with Crippen LogP contribution in [0.5, 0.6) is 5.75 Å².